The molecule has 0 aliphatic rings. The van der Waals surface area contributed by atoms with Crippen molar-refractivity contribution in [3.8, 4) is 0 Å². The molecule has 0 spiro atoms. The Hall–Kier alpha value is -0.420. The van der Waals surface area contributed by atoms with E-state index in [1.54, 1.807) is 0 Å². The van der Waals surface area contributed by atoms with Crippen molar-refractivity contribution in [2.75, 3.05) is 11.5 Å². The molecule has 2 unspecified atom stereocenters. The molecule has 2 atom stereocenters. The second-order valence-electron chi connectivity index (χ2n) is 4.85. The first-order chi connectivity index (χ1) is 6.70. The monoisotopic (exact) mass is 234 g/mol. The van der Waals surface area contributed by atoms with Gasteiger partial charge in [-0.05, 0) is 34.1 Å². The van der Waals surface area contributed by atoms with Crippen molar-refractivity contribution >= 4 is 16.7 Å². The zero-order valence-electron chi connectivity index (χ0n) is 10.0. The zero-order valence-corrected chi connectivity index (χ0v) is 10.8. The largest absolute Gasteiger partial charge is 0.351 e. The second kappa shape index (κ2) is 6.23. The maximum absolute atomic E-state index is 11.4. The van der Waals surface area contributed by atoms with E-state index >= 15 is 0 Å². The molecule has 3 N–H and O–H groups in total. The van der Waals surface area contributed by atoms with Crippen LogP contribution >= 0.6 is 0 Å². The molecular weight excluding hydrogens is 212 g/mol. The molecule has 0 heterocycles. The van der Waals surface area contributed by atoms with E-state index in [9.17, 15) is 9.00 Å². The molecule has 5 heteroatoms. The summed E-state index contributed by atoms with van der Waals surface area (Å²) < 4.78 is 11.4. The van der Waals surface area contributed by atoms with Gasteiger partial charge in [-0.3, -0.25) is 9.00 Å². The zero-order chi connectivity index (χ0) is 12.1. The molecule has 0 saturated heterocycles. The van der Waals surface area contributed by atoms with Crippen LogP contribution in [0.2, 0.25) is 0 Å². The summed E-state index contributed by atoms with van der Waals surface area (Å²) in [4.78, 5) is 11.4. The maximum Gasteiger partial charge on any atom is 0.233 e. The van der Waals surface area contributed by atoms with E-state index < -0.39 is 10.8 Å². The first-order valence-corrected chi connectivity index (χ1v) is 6.61. The molecule has 0 aliphatic carbocycles. The SMILES string of the molecule is CC(N)CCS(=O)CC(=O)NC(C)(C)C. The van der Waals surface area contributed by atoms with Crippen LogP contribution in [-0.2, 0) is 15.6 Å². The first-order valence-electron chi connectivity index (χ1n) is 5.12. The summed E-state index contributed by atoms with van der Waals surface area (Å²) in [5.41, 5.74) is 5.28. The van der Waals surface area contributed by atoms with E-state index in [1.807, 2.05) is 27.7 Å². The smallest absolute Gasteiger partial charge is 0.233 e. The van der Waals surface area contributed by atoms with Gasteiger partial charge in [0.2, 0.25) is 5.91 Å². The van der Waals surface area contributed by atoms with E-state index in [0.29, 0.717) is 12.2 Å². The topological polar surface area (TPSA) is 72.2 Å². The van der Waals surface area contributed by atoms with Crippen molar-refractivity contribution in [1.82, 2.24) is 5.32 Å². The van der Waals surface area contributed by atoms with Gasteiger partial charge in [0.15, 0.2) is 0 Å². The van der Waals surface area contributed by atoms with Crippen molar-refractivity contribution in [2.24, 2.45) is 5.73 Å². The molecule has 1 amide bonds. The Kier molecular flexibility index (Phi) is 6.05. The minimum absolute atomic E-state index is 0.0413. The summed E-state index contributed by atoms with van der Waals surface area (Å²) in [5, 5.41) is 2.77. The summed E-state index contributed by atoms with van der Waals surface area (Å²) in [5.74, 6) is 0.407. The van der Waals surface area contributed by atoms with Crippen LogP contribution < -0.4 is 11.1 Å². The molecule has 0 aromatic rings. The average molecular weight is 234 g/mol. The molecule has 0 aromatic carbocycles. The quantitative estimate of drug-likeness (QED) is 0.722. The Morgan fingerprint density at radius 3 is 2.40 bits per heavy atom. The lowest BCUT2D eigenvalue weighted by atomic mass is 10.1. The number of amides is 1. The highest BCUT2D eigenvalue weighted by Crippen LogP contribution is 1.99. The lowest BCUT2D eigenvalue weighted by molar-refractivity contribution is -0.119. The van der Waals surface area contributed by atoms with Gasteiger partial charge in [0.1, 0.15) is 5.75 Å². The van der Waals surface area contributed by atoms with Crippen LogP contribution in [0.5, 0.6) is 0 Å². The van der Waals surface area contributed by atoms with Gasteiger partial charge in [0, 0.05) is 28.1 Å². The number of carbonyl (C=O) groups is 1. The van der Waals surface area contributed by atoms with Crippen LogP contribution in [0.3, 0.4) is 0 Å². The third-order valence-corrected chi connectivity index (χ3v) is 2.88. The Morgan fingerprint density at radius 1 is 1.47 bits per heavy atom. The third-order valence-electron chi connectivity index (χ3n) is 1.61. The van der Waals surface area contributed by atoms with Crippen LogP contribution in [0.4, 0.5) is 0 Å². The van der Waals surface area contributed by atoms with E-state index in [-0.39, 0.29) is 23.2 Å². The Morgan fingerprint density at radius 2 is 2.00 bits per heavy atom. The van der Waals surface area contributed by atoms with Gasteiger partial charge in [-0.2, -0.15) is 0 Å². The standard InChI is InChI=1S/C10H22N2O2S/c1-8(11)5-6-15(14)7-9(13)12-10(2,3)4/h8H,5-7,11H2,1-4H3,(H,12,13). The maximum atomic E-state index is 11.4. The highest BCUT2D eigenvalue weighted by Gasteiger charge is 2.15. The van der Waals surface area contributed by atoms with Gasteiger partial charge >= 0.3 is 0 Å². The molecule has 0 fully saturated rings. The Labute approximate surface area is 94.4 Å². The average Bonchev–Trinajstić information content (AvgIpc) is 1.96. The van der Waals surface area contributed by atoms with Crippen LogP contribution in [0.25, 0.3) is 0 Å². The predicted octanol–water partition coefficient (Wildman–Crippen LogP) is 0.387. The number of nitrogens with two attached hydrogens (primary N) is 1. The number of carbonyl (C=O) groups excluding carboxylic acids is 1. The summed E-state index contributed by atoms with van der Waals surface area (Å²) in [6.45, 7) is 7.56. The lowest BCUT2D eigenvalue weighted by Gasteiger charge is -2.20. The minimum atomic E-state index is -1.10. The molecule has 0 radical (unpaired) electrons. The first kappa shape index (κ1) is 14.6. The van der Waals surface area contributed by atoms with E-state index in [1.165, 1.54) is 0 Å². The number of rotatable bonds is 5. The van der Waals surface area contributed by atoms with Crippen LogP contribution in [0, 0.1) is 0 Å². The van der Waals surface area contributed by atoms with Crippen LogP contribution in [0.1, 0.15) is 34.1 Å². The highest BCUT2D eigenvalue weighted by molar-refractivity contribution is 7.85. The van der Waals surface area contributed by atoms with E-state index in [2.05, 4.69) is 5.32 Å². The number of nitrogens with one attached hydrogen (secondary N) is 1. The van der Waals surface area contributed by atoms with Crippen molar-refractivity contribution in [1.29, 1.82) is 0 Å². The molecule has 0 rings (SSSR count). The van der Waals surface area contributed by atoms with Crippen molar-refractivity contribution in [3.63, 3.8) is 0 Å². The van der Waals surface area contributed by atoms with Crippen molar-refractivity contribution in [2.45, 2.75) is 45.7 Å². The Balaban J connectivity index is 3.82. The highest BCUT2D eigenvalue weighted by atomic mass is 32.2. The second-order valence-corrected chi connectivity index (χ2v) is 6.43. The van der Waals surface area contributed by atoms with Gasteiger partial charge in [-0.25, -0.2) is 0 Å². The van der Waals surface area contributed by atoms with Gasteiger partial charge in [0.25, 0.3) is 0 Å². The summed E-state index contributed by atoms with van der Waals surface area (Å²) in [6.07, 6.45) is 0.690. The molecular formula is C10H22N2O2S. The van der Waals surface area contributed by atoms with E-state index in [4.69, 9.17) is 5.73 Å². The molecule has 90 valence electrons. The summed E-state index contributed by atoms with van der Waals surface area (Å²) in [6, 6.07) is 0.0413. The van der Waals surface area contributed by atoms with E-state index in [0.717, 1.165) is 0 Å². The lowest BCUT2D eigenvalue weighted by Crippen LogP contribution is -2.43. The fourth-order valence-corrected chi connectivity index (χ4v) is 2.13. The predicted molar refractivity (Wildman–Crippen MR) is 64.0 cm³/mol. The molecule has 0 aliphatic heterocycles. The van der Waals surface area contributed by atoms with Crippen LogP contribution in [-0.4, -0.2) is 33.2 Å². The number of hydrogen-bond acceptors (Lipinski definition) is 3. The summed E-state index contributed by atoms with van der Waals surface area (Å²) in [7, 11) is -1.10. The fourth-order valence-electron chi connectivity index (χ4n) is 0.990. The molecule has 0 saturated carbocycles. The Bertz CT molecular complexity index is 234. The van der Waals surface area contributed by atoms with Gasteiger partial charge in [-0.15, -0.1) is 0 Å². The van der Waals surface area contributed by atoms with Crippen molar-refractivity contribution in [3.05, 3.63) is 0 Å². The fraction of sp³-hybridized carbons (Fsp3) is 0.900. The van der Waals surface area contributed by atoms with Gasteiger partial charge in [0.05, 0.1) is 0 Å². The normalized spacial score (nSPS) is 15.8. The van der Waals surface area contributed by atoms with Crippen LogP contribution in [0.15, 0.2) is 0 Å². The summed E-state index contributed by atoms with van der Waals surface area (Å²) >= 11 is 0. The molecule has 0 aromatic heterocycles. The minimum Gasteiger partial charge on any atom is -0.351 e. The van der Waals surface area contributed by atoms with Crippen molar-refractivity contribution < 1.29 is 9.00 Å². The molecule has 15 heavy (non-hydrogen) atoms. The number of hydrogen-bond donors (Lipinski definition) is 2. The third kappa shape index (κ3) is 9.87. The molecule has 0 bridgehead atoms. The molecule has 4 nitrogen and oxygen atoms in total. The van der Waals surface area contributed by atoms with Gasteiger partial charge in [-0.1, -0.05) is 0 Å². The van der Waals surface area contributed by atoms with Gasteiger partial charge < -0.3 is 11.1 Å².